The Hall–Kier alpha value is -4.90. The van der Waals surface area contributed by atoms with Gasteiger partial charge in [0.05, 0.1) is 47.0 Å². The SMILES string of the molecule is COc1ccc(CCN(Cc2cc3cc(OC)c(OC)cc3[nH]c2=O)Cc2nnnn2Cc2ccccc2)cc1OC. The molecule has 0 bridgehead atoms. The highest BCUT2D eigenvalue weighted by molar-refractivity contribution is 5.83. The highest BCUT2D eigenvalue weighted by Gasteiger charge is 2.17. The van der Waals surface area contributed by atoms with E-state index in [4.69, 9.17) is 18.9 Å². The lowest BCUT2D eigenvalue weighted by molar-refractivity contribution is 0.247. The fraction of sp³-hybridized carbons (Fsp3) is 0.290. The molecule has 5 rings (SSSR count). The Morgan fingerprint density at radius 1 is 0.786 bits per heavy atom. The van der Waals surface area contributed by atoms with Gasteiger partial charge >= 0.3 is 0 Å². The summed E-state index contributed by atoms with van der Waals surface area (Å²) in [6, 6.07) is 21.5. The minimum Gasteiger partial charge on any atom is -0.493 e. The predicted octanol–water partition coefficient (Wildman–Crippen LogP) is 3.84. The van der Waals surface area contributed by atoms with Gasteiger partial charge in [0, 0.05) is 30.1 Å². The third kappa shape index (κ3) is 6.52. The summed E-state index contributed by atoms with van der Waals surface area (Å²) in [5.74, 6) is 3.19. The van der Waals surface area contributed by atoms with Crippen molar-refractivity contribution in [3.63, 3.8) is 0 Å². The van der Waals surface area contributed by atoms with Crippen molar-refractivity contribution in [2.24, 2.45) is 0 Å². The number of H-pyrrole nitrogens is 1. The Kier molecular flexibility index (Phi) is 8.98. The van der Waals surface area contributed by atoms with Gasteiger partial charge in [-0.25, -0.2) is 4.68 Å². The molecule has 5 aromatic rings. The van der Waals surface area contributed by atoms with Crippen LogP contribution in [0.15, 0.2) is 71.5 Å². The normalized spacial score (nSPS) is 11.2. The number of nitrogens with one attached hydrogen (secondary N) is 1. The Morgan fingerprint density at radius 3 is 2.24 bits per heavy atom. The quantitative estimate of drug-likeness (QED) is 0.225. The van der Waals surface area contributed by atoms with Crippen molar-refractivity contribution in [2.75, 3.05) is 35.0 Å². The van der Waals surface area contributed by atoms with Crippen molar-refractivity contribution in [3.05, 3.63) is 99.6 Å². The largest absolute Gasteiger partial charge is 0.493 e. The van der Waals surface area contributed by atoms with Crippen LogP contribution in [0, 0.1) is 0 Å². The lowest BCUT2D eigenvalue weighted by Crippen LogP contribution is -2.30. The number of nitrogens with zero attached hydrogens (tertiary/aromatic N) is 5. The zero-order chi connectivity index (χ0) is 29.5. The van der Waals surface area contributed by atoms with E-state index in [1.165, 1.54) is 0 Å². The maximum Gasteiger partial charge on any atom is 0.252 e. The number of pyridine rings is 1. The summed E-state index contributed by atoms with van der Waals surface area (Å²) in [5, 5.41) is 13.3. The summed E-state index contributed by atoms with van der Waals surface area (Å²) in [7, 11) is 6.40. The van der Waals surface area contributed by atoms with Gasteiger partial charge in [-0.1, -0.05) is 36.4 Å². The summed E-state index contributed by atoms with van der Waals surface area (Å²) in [6.07, 6.45) is 0.705. The summed E-state index contributed by atoms with van der Waals surface area (Å²) < 4.78 is 23.6. The Morgan fingerprint density at radius 2 is 1.50 bits per heavy atom. The molecule has 1 N–H and O–H groups in total. The molecule has 42 heavy (non-hydrogen) atoms. The maximum absolute atomic E-state index is 13.2. The molecule has 3 aromatic carbocycles. The number of aromatic amines is 1. The molecule has 2 aromatic heterocycles. The summed E-state index contributed by atoms with van der Waals surface area (Å²) in [6.45, 7) is 2.00. The van der Waals surface area contributed by atoms with E-state index in [2.05, 4.69) is 25.4 Å². The fourth-order valence-corrected chi connectivity index (χ4v) is 4.89. The van der Waals surface area contributed by atoms with Gasteiger partial charge in [-0.15, -0.1) is 5.10 Å². The average Bonchev–Trinajstić information content (AvgIpc) is 3.45. The van der Waals surface area contributed by atoms with Crippen LogP contribution in [0.5, 0.6) is 23.0 Å². The first-order chi connectivity index (χ1) is 20.5. The van der Waals surface area contributed by atoms with E-state index in [0.717, 1.165) is 16.5 Å². The van der Waals surface area contributed by atoms with Crippen molar-refractivity contribution in [3.8, 4) is 23.0 Å². The van der Waals surface area contributed by atoms with Crippen LogP contribution in [0.25, 0.3) is 10.9 Å². The molecule has 0 aliphatic carbocycles. The second kappa shape index (κ2) is 13.2. The number of benzene rings is 3. The topological polar surface area (TPSA) is 117 Å². The minimum absolute atomic E-state index is 0.172. The van der Waals surface area contributed by atoms with Crippen molar-refractivity contribution in [1.82, 2.24) is 30.1 Å². The molecule has 218 valence electrons. The standard InChI is InChI=1S/C31H34N6O5/c1-39-26-11-10-21(14-27(26)40-2)12-13-36(20-30-33-34-35-37(30)18-22-8-6-5-7-9-22)19-24-15-23-16-28(41-3)29(42-4)17-25(23)32-31(24)38/h5-11,14-17H,12-13,18-20H2,1-4H3,(H,32,38). The van der Waals surface area contributed by atoms with Gasteiger partial charge in [0.1, 0.15) is 0 Å². The summed E-state index contributed by atoms with van der Waals surface area (Å²) >= 11 is 0. The van der Waals surface area contributed by atoms with E-state index < -0.39 is 0 Å². The van der Waals surface area contributed by atoms with E-state index in [1.807, 2.05) is 60.7 Å². The van der Waals surface area contributed by atoms with Crippen LogP contribution in [0.2, 0.25) is 0 Å². The zero-order valence-electron chi connectivity index (χ0n) is 24.2. The highest BCUT2D eigenvalue weighted by Crippen LogP contribution is 2.31. The van der Waals surface area contributed by atoms with Crippen LogP contribution in [0.3, 0.4) is 0 Å². The molecule has 0 aliphatic rings. The van der Waals surface area contributed by atoms with Gasteiger partial charge < -0.3 is 23.9 Å². The first kappa shape index (κ1) is 28.6. The Bertz CT molecular complexity index is 1700. The highest BCUT2D eigenvalue weighted by atomic mass is 16.5. The second-order valence-electron chi connectivity index (χ2n) is 9.81. The van der Waals surface area contributed by atoms with Crippen LogP contribution in [-0.4, -0.2) is 65.1 Å². The molecule has 0 fully saturated rings. The summed E-state index contributed by atoms with van der Waals surface area (Å²) in [4.78, 5) is 18.4. The summed E-state index contributed by atoms with van der Waals surface area (Å²) in [5.41, 5.74) is 3.29. The number of methoxy groups -OCH3 is 4. The van der Waals surface area contributed by atoms with Crippen molar-refractivity contribution < 1.29 is 18.9 Å². The van der Waals surface area contributed by atoms with Gasteiger partial charge in [0.25, 0.3) is 5.56 Å². The molecule has 0 unspecified atom stereocenters. The van der Waals surface area contributed by atoms with Gasteiger partial charge in [0.2, 0.25) is 0 Å². The lowest BCUT2D eigenvalue weighted by Gasteiger charge is -2.22. The van der Waals surface area contributed by atoms with Crippen LogP contribution >= 0.6 is 0 Å². The first-order valence-electron chi connectivity index (χ1n) is 13.5. The predicted molar refractivity (Wildman–Crippen MR) is 158 cm³/mol. The van der Waals surface area contributed by atoms with E-state index in [9.17, 15) is 4.79 Å². The third-order valence-electron chi connectivity index (χ3n) is 7.13. The smallest absolute Gasteiger partial charge is 0.252 e. The van der Waals surface area contributed by atoms with E-state index in [0.29, 0.717) is 72.5 Å². The molecule has 0 saturated heterocycles. The minimum atomic E-state index is -0.172. The number of aromatic nitrogens is 5. The molecule has 0 spiro atoms. The van der Waals surface area contributed by atoms with E-state index in [-0.39, 0.29) is 5.56 Å². The van der Waals surface area contributed by atoms with E-state index >= 15 is 0 Å². The monoisotopic (exact) mass is 570 g/mol. The van der Waals surface area contributed by atoms with Crippen molar-refractivity contribution >= 4 is 10.9 Å². The van der Waals surface area contributed by atoms with Gasteiger partial charge in [0.15, 0.2) is 28.8 Å². The molecule has 11 heteroatoms. The van der Waals surface area contributed by atoms with Gasteiger partial charge in [-0.2, -0.15) is 0 Å². The number of hydrogen-bond acceptors (Lipinski definition) is 9. The van der Waals surface area contributed by atoms with Crippen LogP contribution < -0.4 is 24.5 Å². The Labute approximate surface area is 243 Å². The number of fused-ring (bicyclic) bond motifs is 1. The second-order valence-corrected chi connectivity index (χ2v) is 9.81. The molecule has 0 atom stereocenters. The van der Waals surface area contributed by atoms with Crippen LogP contribution in [0.4, 0.5) is 0 Å². The van der Waals surface area contributed by atoms with Gasteiger partial charge in [-0.3, -0.25) is 9.69 Å². The molecular weight excluding hydrogens is 536 g/mol. The first-order valence-corrected chi connectivity index (χ1v) is 13.5. The lowest BCUT2D eigenvalue weighted by atomic mass is 10.1. The van der Waals surface area contributed by atoms with Crippen LogP contribution in [-0.2, 0) is 26.1 Å². The number of hydrogen-bond donors (Lipinski definition) is 1. The third-order valence-corrected chi connectivity index (χ3v) is 7.13. The molecular formula is C31H34N6O5. The number of ether oxygens (including phenoxy) is 4. The maximum atomic E-state index is 13.2. The zero-order valence-corrected chi connectivity index (χ0v) is 24.2. The molecule has 0 amide bonds. The van der Waals surface area contributed by atoms with E-state index in [1.54, 1.807) is 39.2 Å². The fourth-order valence-electron chi connectivity index (χ4n) is 4.89. The van der Waals surface area contributed by atoms with Gasteiger partial charge in [-0.05, 0) is 52.2 Å². The molecule has 2 heterocycles. The number of tetrazole rings is 1. The van der Waals surface area contributed by atoms with Crippen molar-refractivity contribution in [1.29, 1.82) is 0 Å². The molecule has 0 radical (unpaired) electrons. The molecule has 0 saturated carbocycles. The molecule has 0 aliphatic heterocycles. The van der Waals surface area contributed by atoms with Crippen molar-refractivity contribution in [2.45, 2.75) is 26.1 Å². The van der Waals surface area contributed by atoms with Crippen LogP contribution in [0.1, 0.15) is 22.5 Å². The Balaban J connectivity index is 1.44. The number of rotatable bonds is 13. The average molecular weight is 571 g/mol. The molecule has 11 nitrogen and oxygen atoms in total.